The summed E-state index contributed by atoms with van der Waals surface area (Å²) in [6.07, 6.45) is 0. The Kier molecular flexibility index (Phi) is 2.24. The number of rotatable bonds is 1. The van der Waals surface area contributed by atoms with Crippen molar-refractivity contribution < 1.29 is 14.3 Å². The number of ether oxygens (including phenoxy) is 1. The number of methoxy groups -OCH3 is 1. The molecule has 0 unspecified atom stereocenters. The van der Waals surface area contributed by atoms with Crippen LogP contribution in [0.15, 0.2) is 0 Å². The minimum absolute atomic E-state index is 0.0698. The summed E-state index contributed by atoms with van der Waals surface area (Å²) in [7, 11) is 1.32. The third kappa shape index (κ3) is 1.40. The Morgan fingerprint density at radius 2 is 2.36 bits per heavy atom. The van der Waals surface area contributed by atoms with Crippen LogP contribution in [0.2, 0.25) is 0 Å². The normalized spacial score (nSPS) is 30.5. The van der Waals surface area contributed by atoms with E-state index in [2.05, 4.69) is 10.1 Å². The highest BCUT2D eigenvalue weighted by Crippen LogP contribution is 2.11. The van der Waals surface area contributed by atoms with E-state index < -0.39 is 6.04 Å². The van der Waals surface area contributed by atoms with E-state index in [1.807, 2.05) is 0 Å². The van der Waals surface area contributed by atoms with Crippen molar-refractivity contribution in [2.24, 2.45) is 5.92 Å². The third-order valence-electron chi connectivity index (χ3n) is 1.96. The lowest BCUT2D eigenvalue weighted by molar-refractivity contribution is -0.144. The zero-order valence-corrected chi connectivity index (χ0v) is 6.59. The lowest BCUT2D eigenvalue weighted by Gasteiger charge is -2.10. The summed E-state index contributed by atoms with van der Waals surface area (Å²) in [5.74, 6) is -0.536. The molecule has 0 amide bonds. The highest BCUT2D eigenvalue weighted by Gasteiger charge is 2.36. The van der Waals surface area contributed by atoms with Gasteiger partial charge in [0.25, 0.3) is 0 Å². The number of Topliss-reactive ketones (excluding diaryl/α,β-unsaturated/α-hetero) is 1. The van der Waals surface area contributed by atoms with Crippen molar-refractivity contribution in [3.8, 4) is 0 Å². The summed E-state index contributed by atoms with van der Waals surface area (Å²) in [6.45, 7) is 2.00. The van der Waals surface area contributed by atoms with Crippen LogP contribution in [0.25, 0.3) is 0 Å². The number of carbonyl (C=O) groups excluding carboxylic acids is 2. The maximum atomic E-state index is 10.9. The molecule has 1 aliphatic rings. The van der Waals surface area contributed by atoms with Crippen LogP contribution in [0.5, 0.6) is 0 Å². The zero-order chi connectivity index (χ0) is 8.43. The average molecular weight is 157 g/mol. The monoisotopic (exact) mass is 157 g/mol. The van der Waals surface area contributed by atoms with Crippen molar-refractivity contribution in [3.63, 3.8) is 0 Å². The van der Waals surface area contributed by atoms with E-state index in [0.29, 0.717) is 0 Å². The fraction of sp³-hybridized carbons (Fsp3) is 0.714. The third-order valence-corrected chi connectivity index (χ3v) is 1.96. The molecule has 0 radical (unpaired) electrons. The molecule has 62 valence electrons. The van der Waals surface area contributed by atoms with Gasteiger partial charge in [0, 0.05) is 5.92 Å². The van der Waals surface area contributed by atoms with Crippen molar-refractivity contribution >= 4 is 11.8 Å². The van der Waals surface area contributed by atoms with E-state index >= 15 is 0 Å². The first-order valence-corrected chi connectivity index (χ1v) is 3.50. The van der Waals surface area contributed by atoms with E-state index in [0.717, 1.165) is 0 Å². The Hall–Kier alpha value is -0.900. The average Bonchev–Trinajstić information content (AvgIpc) is 2.32. The molecule has 4 nitrogen and oxygen atoms in total. The van der Waals surface area contributed by atoms with Crippen LogP contribution in [-0.2, 0) is 14.3 Å². The fourth-order valence-electron chi connectivity index (χ4n) is 1.15. The predicted molar refractivity (Wildman–Crippen MR) is 38.0 cm³/mol. The molecular weight excluding hydrogens is 146 g/mol. The van der Waals surface area contributed by atoms with Crippen LogP contribution in [0.3, 0.4) is 0 Å². The van der Waals surface area contributed by atoms with Gasteiger partial charge in [0.1, 0.15) is 6.04 Å². The molecule has 0 aliphatic carbocycles. The van der Waals surface area contributed by atoms with Gasteiger partial charge in [0.2, 0.25) is 0 Å². The molecule has 0 spiro atoms. The first-order valence-electron chi connectivity index (χ1n) is 3.50. The SMILES string of the molecule is COC(=O)[C@H]1NCC(=O)[C@@H]1C. The Balaban J connectivity index is 2.61. The van der Waals surface area contributed by atoms with Gasteiger partial charge in [0.15, 0.2) is 5.78 Å². The maximum Gasteiger partial charge on any atom is 0.323 e. The van der Waals surface area contributed by atoms with E-state index in [-0.39, 0.29) is 24.2 Å². The Morgan fingerprint density at radius 3 is 2.73 bits per heavy atom. The molecule has 0 saturated carbocycles. The number of nitrogens with one attached hydrogen (secondary N) is 1. The van der Waals surface area contributed by atoms with Gasteiger partial charge in [-0.25, -0.2) is 0 Å². The summed E-state index contributed by atoms with van der Waals surface area (Å²) < 4.78 is 4.50. The van der Waals surface area contributed by atoms with E-state index in [4.69, 9.17) is 0 Å². The second-order valence-corrected chi connectivity index (χ2v) is 2.64. The number of esters is 1. The lowest BCUT2D eigenvalue weighted by Crippen LogP contribution is -2.35. The van der Waals surface area contributed by atoms with Crippen LogP contribution in [-0.4, -0.2) is 31.4 Å². The Labute approximate surface area is 64.9 Å². The molecule has 1 fully saturated rings. The van der Waals surface area contributed by atoms with E-state index in [1.165, 1.54) is 7.11 Å². The van der Waals surface area contributed by atoms with Crippen molar-refractivity contribution in [1.82, 2.24) is 5.32 Å². The molecule has 0 bridgehead atoms. The lowest BCUT2D eigenvalue weighted by atomic mass is 10.0. The molecule has 1 aliphatic heterocycles. The zero-order valence-electron chi connectivity index (χ0n) is 6.59. The largest absolute Gasteiger partial charge is 0.468 e. The quantitative estimate of drug-likeness (QED) is 0.513. The molecule has 0 aromatic carbocycles. The Bertz CT molecular complexity index is 190. The van der Waals surface area contributed by atoms with Gasteiger partial charge < -0.3 is 4.74 Å². The van der Waals surface area contributed by atoms with E-state index in [1.54, 1.807) is 6.92 Å². The summed E-state index contributed by atoms with van der Waals surface area (Å²) in [5.41, 5.74) is 0. The molecule has 4 heteroatoms. The van der Waals surface area contributed by atoms with Gasteiger partial charge in [-0.3, -0.25) is 14.9 Å². The number of carbonyl (C=O) groups is 2. The number of hydrogen-bond donors (Lipinski definition) is 1. The molecule has 0 aromatic rings. The first-order chi connectivity index (χ1) is 5.16. The number of ketones is 1. The fourth-order valence-corrected chi connectivity index (χ4v) is 1.15. The topological polar surface area (TPSA) is 55.4 Å². The molecular formula is C7H11NO3. The second-order valence-electron chi connectivity index (χ2n) is 2.64. The Morgan fingerprint density at radius 1 is 1.73 bits per heavy atom. The summed E-state index contributed by atoms with van der Waals surface area (Å²) >= 11 is 0. The highest BCUT2D eigenvalue weighted by atomic mass is 16.5. The van der Waals surface area contributed by atoms with Crippen molar-refractivity contribution in [2.75, 3.05) is 13.7 Å². The van der Waals surface area contributed by atoms with Crippen LogP contribution >= 0.6 is 0 Å². The smallest absolute Gasteiger partial charge is 0.323 e. The minimum atomic E-state index is -0.438. The summed E-state index contributed by atoms with van der Waals surface area (Å²) in [6, 6.07) is -0.438. The minimum Gasteiger partial charge on any atom is -0.468 e. The molecule has 1 N–H and O–H groups in total. The molecule has 1 heterocycles. The van der Waals surface area contributed by atoms with Gasteiger partial charge in [-0.1, -0.05) is 6.92 Å². The molecule has 1 rings (SSSR count). The second kappa shape index (κ2) is 3.00. The van der Waals surface area contributed by atoms with Crippen molar-refractivity contribution in [1.29, 1.82) is 0 Å². The summed E-state index contributed by atoms with van der Waals surface area (Å²) in [4.78, 5) is 21.9. The van der Waals surface area contributed by atoms with Gasteiger partial charge >= 0.3 is 5.97 Å². The van der Waals surface area contributed by atoms with Gasteiger partial charge in [-0.15, -0.1) is 0 Å². The molecule has 11 heavy (non-hydrogen) atoms. The van der Waals surface area contributed by atoms with E-state index in [9.17, 15) is 9.59 Å². The van der Waals surface area contributed by atoms with Crippen molar-refractivity contribution in [3.05, 3.63) is 0 Å². The molecule has 0 aromatic heterocycles. The standard InChI is InChI=1S/C7H11NO3/c1-4-5(9)3-8-6(4)7(10)11-2/h4,6,8H,3H2,1-2H3/t4-,6-/m0/s1. The van der Waals surface area contributed by atoms with Crippen LogP contribution in [0, 0.1) is 5.92 Å². The maximum absolute atomic E-state index is 10.9. The predicted octanol–water partition coefficient (Wildman–Crippen LogP) is -0.664. The van der Waals surface area contributed by atoms with Gasteiger partial charge in [-0.05, 0) is 0 Å². The van der Waals surface area contributed by atoms with Gasteiger partial charge in [0.05, 0.1) is 13.7 Å². The van der Waals surface area contributed by atoms with Crippen molar-refractivity contribution in [2.45, 2.75) is 13.0 Å². The molecule has 1 saturated heterocycles. The molecule has 2 atom stereocenters. The number of hydrogen-bond acceptors (Lipinski definition) is 4. The summed E-state index contributed by atoms with van der Waals surface area (Å²) in [5, 5.41) is 2.78. The first kappa shape index (κ1) is 8.20. The van der Waals surface area contributed by atoms with Crippen LogP contribution in [0.1, 0.15) is 6.92 Å². The van der Waals surface area contributed by atoms with Gasteiger partial charge in [-0.2, -0.15) is 0 Å². The van der Waals surface area contributed by atoms with Crippen LogP contribution < -0.4 is 5.32 Å². The highest BCUT2D eigenvalue weighted by molar-refractivity contribution is 5.93. The van der Waals surface area contributed by atoms with Crippen LogP contribution in [0.4, 0.5) is 0 Å².